The predicted octanol–water partition coefficient (Wildman–Crippen LogP) is 1.78. The highest BCUT2D eigenvalue weighted by atomic mass is 16.5. The quantitative estimate of drug-likeness (QED) is 0.520. The van der Waals surface area contributed by atoms with Crippen molar-refractivity contribution >= 4 is 11.6 Å². The lowest BCUT2D eigenvalue weighted by atomic mass is 9.90. The number of allylic oxidation sites excluding steroid dienone is 2. The average molecular weight is 268 g/mol. The maximum Gasteiger partial charge on any atom is 0.228 e. The van der Waals surface area contributed by atoms with Gasteiger partial charge in [0.05, 0.1) is 14.2 Å². The summed E-state index contributed by atoms with van der Waals surface area (Å²) in [7, 11) is 4.36. The van der Waals surface area contributed by atoms with Crippen molar-refractivity contribution in [1.82, 2.24) is 0 Å². The Morgan fingerprint density at radius 2 is 1.47 bits per heavy atom. The molecule has 0 amide bonds. The molecule has 1 rings (SSSR count). The van der Waals surface area contributed by atoms with Crippen LogP contribution in [0.5, 0.6) is 0 Å². The molecule has 1 aliphatic rings. The molecule has 0 aliphatic heterocycles. The number of ether oxygens (including phenoxy) is 3. The van der Waals surface area contributed by atoms with Crippen LogP contribution < -0.4 is 0 Å². The first-order valence-electron chi connectivity index (χ1n) is 6.18. The van der Waals surface area contributed by atoms with E-state index < -0.39 is 0 Å². The van der Waals surface area contributed by atoms with E-state index in [4.69, 9.17) is 14.2 Å². The minimum absolute atomic E-state index is 0.000147. The highest BCUT2D eigenvalue weighted by molar-refractivity contribution is 6.23. The van der Waals surface area contributed by atoms with Gasteiger partial charge in [0.15, 0.2) is 0 Å². The fourth-order valence-electron chi connectivity index (χ4n) is 2.04. The second-order valence-corrected chi connectivity index (χ2v) is 4.28. The Kier molecular flexibility index (Phi) is 5.76. The number of unbranched alkanes of at least 4 members (excludes halogenated alkanes) is 1. The van der Waals surface area contributed by atoms with Gasteiger partial charge in [-0.25, -0.2) is 0 Å². The number of rotatable bonds is 7. The Morgan fingerprint density at radius 1 is 0.895 bits per heavy atom. The van der Waals surface area contributed by atoms with E-state index in [0.29, 0.717) is 24.2 Å². The van der Waals surface area contributed by atoms with Gasteiger partial charge in [-0.3, -0.25) is 9.59 Å². The lowest BCUT2D eigenvalue weighted by molar-refractivity contribution is -0.121. The van der Waals surface area contributed by atoms with Crippen molar-refractivity contribution in [3.8, 4) is 0 Å². The summed E-state index contributed by atoms with van der Waals surface area (Å²) in [5.74, 6) is -0.542. The largest absolute Gasteiger partial charge is 0.489 e. The molecule has 0 aromatic carbocycles. The van der Waals surface area contributed by atoms with Crippen molar-refractivity contribution in [2.24, 2.45) is 0 Å². The van der Waals surface area contributed by atoms with Gasteiger partial charge < -0.3 is 14.2 Å². The summed E-state index contributed by atoms with van der Waals surface area (Å²) >= 11 is 0. The summed E-state index contributed by atoms with van der Waals surface area (Å²) in [6.07, 6.45) is 2.18. The van der Waals surface area contributed by atoms with E-state index in [2.05, 4.69) is 0 Å². The van der Waals surface area contributed by atoms with E-state index in [1.165, 1.54) is 14.2 Å². The summed E-state index contributed by atoms with van der Waals surface area (Å²) in [6, 6.07) is 0. The molecule has 0 bridgehead atoms. The van der Waals surface area contributed by atoms with Gasteiger partial charge in [-0.15, -0.1) is 0 Å². The van der Waals surface area contributed by atoms with Crippen LogP contribution in [0, 0.1) is 0 Å². The van der Waals surface area contributed by atoms with Crippen molar-refractivity contribution in [2.45, 2.75) is 26.2 Å². The lowest BCUT2D eigenvalue weighted by Crippen LogP contribution is -2.25. The topological polar surface area (TPSA) is 61.8 Å². The van der Waals surface area contributed by atoms with Crippen molar-refractivity contribution < 1.29 is 23.8 Å². The van der Waals surface area contributed by atoms with Gasteiger partial charge in [0.2, 0.25) is 23.1 Å². The molecule has 5 nitrogen and oxygen atoms in total. The van der Waals surface area contributed by atoms with E-state index in [9.17, 15) is 9.59 Å². The van der Waals surface area contributed by atoms with Gasteiger partial charge in [0, 0.05) is 24.9 Å². The first-order chi connectivity index (χ1) is 9.08. The number of ketones is 2. The van der Waals surface area contributed by atoms with Crippen molar-refractivity contribution in [3.05, 3.63) is 22.7 Å². The van der Waals surface area contributed by atoms with Crippen LogP contribution in [0.1, 0.15) is 26.2 Å². The second kappa shape index (κ2) is 7.09. The van der Waals surface area contributed by atoms with Gasteiger partial charge >= 0.3 is 0 Å². The molecule has 0 saturated heterocycles. The molecule has 0 saturated carbocycles. The third-order valence-corrected chi connectivity index (χ3v) is 3.12. The molecule has 106 valence electrons. The molecule has 0 aromatic rings. The number of methoxy groups -OCH3 is 3. The second-order valence-electron chi connectivity index (χ2n) is 4.28. The Hall–Kier alpha value is -1.62. The van der Waals surface area contributed by atoms with Gasteiger partial charge in [0.25, 0.3) is 0 Å². The fourth-order valence-corrected chi connectivity index (χ4v) is 2.04. The van der Waals surface area contributed by atoms with Crippen LogP contribution in [0.2, 0.25) is 0 Å². The van der Waals surface area contributed by atoms with Crippen LogP contribution in [0.3, 0.4) is 0 Å². The highest BCUT2D eigenvalue weighted by Crippen LogP contribution is 2.28. The van der Waals surface area contributed by atoms with Gasteiger partial charge in [-0.05, 0) is 26.2 Å². The third-order valence-electron chi connectivity index (χ3n) is 3.12. The molecule has 0 unspecified atom stereocenters. The smallest absolute Gasteiger partial charge is 0.228 e. The molecule has 1 aliphatic carbocycles. The van der Waals surface area contributed by atoms with Crippen LogP contribution >= 0.6 is 0 Å². The average Bonchev–Trinajstić information content (AvgIpc) is 2.41. The van der Waals surface area contributed by atoms with E-state index in [1.807, 2.05) is 0 Å². The minimum Gasteiger partial charge on any atom is -0.489 e. The molecular weight excluding hydrogens is 248 g/mol. The van der Waals surface area contributed by atoms with Crippen LogP contribution in [0.25, 0.3) is 0 Å². The summed E-state index contributed by atoms with van der Waals surface area (Å²) in [5, 5.41) is 0. The number of carbonyl (C=O) groups excluding carboxylic acids is 2. The van der Waals surface area contributed by atoms with Crippen LogP contribution in [-0.2, 0) is 23.8 Å². The normalized spacial score (nSPS) is 16.2. The molecule has 0 heterocycles. The monoisotopic (exact) mass is 268 g/mol. The van der Waals surface area contributed by atoms with Crippen molar-refractivity contribution in [3.63, 3.8) is 0 Å². The van der Waals surface area contributed by atoms with Crippen LogP contribution in [0.15, 0.2) is 22.7 Å². The highest BCUT2D eigenvalue weighted by Gasteiger charge is 2.34. The van der Waals surface area contributed by atoms with E-state index in [0.717, 1.165) is 12.8 Å². The third kappa shape index (κ3) is 3.23. The standard InChI is InChI=1S/C14H20O5/c1-9-10(7-5-6-8-17-2)12(16)14(19-4)13(18-3)11(9)15/h5-8H2,1-4H3. The zero-order valence-corrected chi connectivity index (χ0v) is 11.9. The van der Waals surface area contributed by atoms with Crippen LogP contribution in [-0.4, -0.2) is 39.5 Å². The summed E-state index contributed by atoms with van der Waals surface area (Å²) in [5.41, 5.74) is 0.957. The summed E-state index contributed by atoms with van der Waals surface area (Å²) < 4.78 is 14.9. The maximum atomic E-state index is 12.2. The molecule has 0 fully saturated rings. The Labute approximate surface area is 113 Å². The van der Waals surface area contributed by atoms with E-state index in [-0.39, 0.29) is 23.1 Å². The van der Waals surface area contributed by atoms with Gasteiger partial charge in [-0.1, -0.05) is 0 Å². The van der Waals surface area contributed by atoms with Crippen LogP contribution in [0.4, 0.5) is 0 Å². The maximum absolute atomic E-state index is 12.2. The number of hydrogen-bond donors (Lipinski definition) is 0. The molecule has 0 N–H and O–H groups in total. The predicted molar refractivity (Wildman–Crippen MR) is 69.5 cm³/mol. The van der Waals surface area contributed by atoms with E-state index >= 15 is 0 Å². The fraction of sp³-hybridized carbons (Fsp3) is 0.571. The zero-order valence-electron chi connectivity index (χ0n) is 11.9. The Morgan fingerprint density at radius 3 is 2.00 bits per heavy atom. The Bertz CT molecular complexity index is 431. The molecule has 0 atom stereocenters. The molecule has 0 spiro atoms. The first-order valence-corrected chi connectivity index (χ1v) is 6.18. The number of hydrogen-bond acceptors (Lipinski definition) is 5. The molecule has 5 heteroatoms. The molecule has 0 aromatic heterocycles. The number of Topliss-reactive ketones (excluding diaryl/α,β-unsaturated/α-hetero) is 2. The van der Waals surface area contributed by atoms with E-state index in [1.54, 1.807) is 14.0 Å². The first kappa shape index (κ1) is 15.4. The minimum atomic E-state index is -0.277. The van der Waals surface area contributed by atoms with Gasteiger partial charge in [0.1, 0.15) is 0 Å². The lowest BCUT2D eigenvalue weighted by Gasteiger charge is -2.20. The Balaban J connectivity index is 2.90. The summed E-state index contributed by atoms with van der Waals surface area (Å²) in [4.78, 5) is 24.3. The summed E-state index contributed by atoms with van der Waals surface area (Å²) in [6.45, 7) is 2.29. The molecule has 19 heavy (non-hydrogen) atoms. The van der Waals surface area contributed by atoms with Crippen molar-refractivity contribution in [1.29, 1.82) is 0 Å². The number of carbonyl (C=O) groups is 2. The molecule has 0 radical (unpaired) electrons. The van der Waals surface area contributed by atoms with Gasteiger partial charge in [-0.2, -0.15) is 0 Å². The van der Waals surface area contributed by atoms with Crippen molar-refractivity contribution in [2.75, 3.05) is 27.9 Å². The molecular formula is C14H20O5. The zero-order chi connectivity index (χ0) is 14.4. The SMILES string of the molecule is COCCCCC1=C(C)C(=O)C(OC)=C(OC)C1=O.